The zero-order chi connectivity index (χ0) is 51.6. The molecule has 0 radical (unpaired) electrons. The summed E-state index contributed by atoms with van der Waals surface area (Å²) in [4.78, 5) is 24.3. The number of hydrogen-bond acceptors (Lipinski definition) is 3. The monoisotopic (exact) mass is 989 g/mol. The lowest BCUT2D eigenvalue weighted by atomic mass is 9.84. The molecule has 0 heterocycles. The summed E-state index contributed by atoms with van der Waals surface area (Å²) in [5.74, 6) is 0.563. The van der Waals surface area contributed by atoms with Crippen LogP contribution in [0.2, 0.25) is 0 Å². The van der Waals surface area contributed by atoms with E-state index in [-0.39, 0.29) is 17.8 Å². The third-order valence-corrected chi connectivity index (χ3v) is 15.8. The molecule has 0 spiro atoms. The number of carbonyl (C=O) groups excluding carboxylic acids is 1. The van der Waals surface area contributed by atoms with Crippen molar-refractivity contribution in [2.24, 2.45) is 23.7 Å². The number of carboxylic acid groups (broad SMARTS) is 1. The lowest BCUT2D eigenvalue weighted by Gasteiger charge is -2.21. The molecule has 0 amide bonds. The van der Waals surface area contributed by atoms with Crippen LogP contribution in [0.5, 0.6) is 0 Å². The summed E-state index contributed by atoms with van der Waals surface area (Å²) < 4.78 is 5.58. The normalized spacial score (nSPS) is 13.2. The van der Waals surface area contributed by atoms with E-state index in [0.29, 0.717) is 18.4 Å². The van der Waals surface area contributed by atoms with Gasteiger partial charge in [0.15, 0.2) is 0 Å². The number of carbonyl (C=O) groups is 2. The first-order valence-corrected chi connectivity index (χ1v) is 32.7. The Morgan fingerprint density at radius 1 is 0.329 bits per heavy atom. The summed E-state index contributed by atoms with van der Waals surface area (Å²) >= 11 is 0. The van der Waals surface area contributed by atoms with E-state index in [1.165, 1.54) is 302 Å². The quantitative estimate of drug-likeness (QED) is 0.0487. The molecule has 4 unspecified atom stereocenters. The maximum Gasteiger partial charge on any atom is 0.308 e. The van der Waals surface area contributed by atoms with E-state index in [9.17, 15) is 14.7 Å². The third-order valence-electron chi connectivity index (χ3n) is 15.8. The SMILES string of the molecule is CCCCCCCCCCCCC(CCCCCCCCCC)CC(CCCCCCCCCCCC)C(=O)O.CCCCCCCCCCCCCCC(C)COC(=O)C(C)CCCCCCCC. The summed E-state index contributed by atoms with van der Waals surface area (Å²) in [6.07, 6.45) is 68.9. The molecule has 0 aromatic rings. The largest absolute Gasteiger partial charge is 0.481 e. The molecule has 0 aliphatic heterocycles. The lowest BCUT2D eigenvalue weighted by molar-refractivity contribution is -0.149. The van der Waals surface area contributed by atoms with Crippen molar-refractivity contribution in [3.63, 3.8) is 0 Å². The van der Waals surface area contributed by atoms with Gasteiger partial charge in [-0.25, -0.2) is 0 Å². The highest BCUT2D eigenvalue weighted by Gasteiger charge is 2.22. The first kappa shape index (κ1) is 71.0. The molecular formula is C66H132O4. The van der Waals surface area contributed by atoms with E-state index in [4.69, 9.17) is 4.74 Å². The van der Waals surface area contributed by atoms with Gasteiger partial charge in [-0.1, -0.05) is 357 Å². The van der Waals surface area contributed by atoms with Crippen molar-refractivity contribution in [3.8, 4) is 0 Å². The number of aliphatic carboxylic acids is 1. The van der Waals surface area contributed by atoms with E-state index < -0.39 is 5.97 Å². The zero-order valence-electron chi connectivity index (χ0n) is 49.5. The van der Waals surface area contributed by atoms with Gasteiger partial charge in [-0.05, 0) is 37.5 Å². The molecule has 70 heavy (non-hydrogen) atoms. The molecule has 0 aliphatic carbocycles. The molecule has 0 saturated heterocycles. The Bertz CT molecular complexity index is 995. The number of unbranched alkanes of at least 4 members (excludes halogenated alkanes) is 41. The minimum absolute atomic E-state index is 0.0186. The fourth-order valence-electron chi connectivity index (χ4n) is 10.6. The summed E-state index contributed by atoms with van der Waals surface area (Å²) in [7, 11) is 0. The van der Waals surface area contributed by atoms with E-state index in [0.717, 1.165) is 32.1 Å². The summed E-state index contributed by atoms with van der Waals surface area (Å²) in [5, 5.41) is 10.0. The summed E-state index contributed by atoms with van der Waals surface area (Å²) in [5.41, 5.74) is 0. The molecule has 0 rings (SSSR count). The predicted molar refractivity (Wildman–Crippen MR) is 312 cm³/mol. The van der Waals surface area contributed by atoms with Crippen molar-refractivity contribution in [2.45, 2.75) is 382 Å². The van der Waals surface area contributed by atoms with Crippen LogP contribution in [0.4, 0.5) is 0 Å². The van der Waals surface area contributed by atoms with Crippen molar-refractivity contribution >= 4 is 11.9 Å². The molecule has 0 aromatic heterocycles. The van der Waals surface area contributed by atoms with Crippen LogP contribution in [0.25, 0.3) is 0 Å². The molecule has 0 aliphatic rings. The average molecular weight is 990 g/mol. The average Bonchev–Trinajstić information content (AvgIpc) is 3.35. The molecule has 0 bridgehead atoms. The molecule has 1 N–H and O–H groups in total. The van der Waals surface area contributed by atoms with Gasteiger partial charge in [0.2, 0.25) is 0 Å². The van der Waals surface area contributed by atoms with E-state index in [2.05, 4.69) is 41.5 Å². The second-order valence-electron chi connectivity index (χ2n) is 23.2. The second kappa shape index (κ2) is 60.5. The Hall–Kier alpha value is -1.06. The van der Waals surface area contributed by atoms with Crippen LogP contribution >= 0.6 is 0 Å². The fraction of sp³-hybridized carbons (Fsp3) is 0.970. The highest BCUT2D eigenvalue weighted by atomic mass is 16.5. The molecule has 0 fully saturated rings. The maximum absolute atomic E-state index is 12.2. The maximum atomic E-state index is 12.2. The molecular weight excluding hydrogens is 857 g/mol. The zero-order valence-corrected chi connectivity index (χ0v) is 49.5. The Labute approximate surface area is 442 Å². The van der Waals surface area contributed by atoms with Crippen LogP contribution in [-0.2, 0) is 14.3 Å². The minimum atomic E-state index is -0.528. The smallest absolute Gasteiger partial charge is 0.308 e. The van der Waals surface area contributed by atoms with Crippen molar-refractivity contribution in [1.29, 1.82) is 0 Å². The van der Waals surface area contributed by atoms with Gasteiger partial charge in [-0.15, -0.1) is 0 Å². The molecule has 4 nitrogen and oxygen atoms in total. The Morgan fingerprint density at radius 3 is 0.857 bits per heavy atom. The van der Waals surface area contributed by atoms with Gasteiger partial charge in [-0.2, -0.15) is 0 Å². The standard InChI is InChI=1S/C38H76O2.C28H56O2/c1-4-7-10-13-16-19-21-24-27-30-33-36(32-29-26-23-18-15-12-9-6-3)35-37(38(39)40)34-31-28-25-22-20-17-14-11-8-5-2;1-5-7-9-11-13-14-15-16-17-18-19-21-23-26(3)25-30-28(29)27(4)24-22-20-12-10-8-6-2/h36-37H,4-35H2,1-3H3,(H,39,40);26-27H,5-25H2,1-4H3. The van der Waals surface area contributed by atoms with E-state index >= 15 is 0 Å². The van der Waals surface area contributed by atoms with Crippen LogP contribution in [0.15, 0.2) is 0 Å². The lowest BCUT2D eigenvalue weighted by Crippen LogP contribution is -2.18. The van der Waals surface area contributed by atoms with Crippen molar-refractivity contribution in [1.82, 2.24) is 0 Å². The Morgan fingerprint density at radius 2 is 0.571 bits per heavy atom. The predicted octanol–water partition coefficient (Wildman–Crippen LogP) is 23.5. The van der Waals surface area contributed by atoms with Crippen LogP contribution in [0.1, 0.15) is 382 Å². The summed E-state index contributed by atoms with van der Waals surface area (Å²) in [6.45, 7) is 16.3. The van der Waals surface area contributed by atoms with Crippen LogP contribution in [0, 0.1) is 23.7 Å². The first-order chi connectivity index (χ1) is 34.3. The number of carboxylic acids is 1. The second-order valence-corrected chi connectivity index (χ2v) is 23.2. The van der Waals surface area contributed by atoms with Gasteiger partial charge in [0, 0.05) is 0 Å². The Balaban J connectivity index is 0. The molecule has 4 heteroatoms. The van der Waals surface area contributed by atoms with E-state index in [1.807, 2.05) is 6.92 Å². The Kier molecular flexibility index (Phi) is 61.4. The van der Waals surface area contributed by atoms with Crippen molar-refractivity contribution < 1.29 is 19.4 Å². The number of rotatable bonds is 57. The highest BCUT2D eigenvalue weighted by Crippen LogP contribution is 2.29. The third kappa shape index (κ3) is 56.2. The summed E-state index contributed by atoms with van der Waals surface area (Å²) in [6, 6.07) is 0. The van der Waals surface area contributed by atoms with Crippen LogP contribution in [0.3, 0.4) is 0 Å². The van der Waals surface area contributed by atoms with Crippen LogP contribution in [-0.4, -0.2) is 23.7 Å². The topological polar surface area (TPSA) is 63.6 Å². The molecule has 0 aromatic carbocycles. The van der Waals surface area contributed by atoms with Gasteiger partial charge in [0.05, 0.1) is 18.4 Å². The molecule has 0 saturated carbocycles. The molecule has 420 valence electrons. The molecule has 4 atom stereocenters. The van der Waals surface area contributed by atoms with Crippen molar-refractivity contribution in [3.05, 3.63) is 0 Å². The number of ether oxygens (including phenoxy) is 1. The highest BCUT2D eigenvalue weighted by molar-refractivity contribution is 5.71. The van der Waals surface area contributed by atoms with E-state index in [1.54, 1.807) is 0 Å². The number of hydrogen-bond donors (Lipinski definition) is 1. The van der Waals surface area contributed by atoms with Gasteiger partial charge in [-0.3, -0.25) is 9.59 Å². The van der Waals surface area contributed by atoms with Crippen molar-refractivity contribution in [2.75, 3.05) is 6.61 Å². The number of esters is 1. The van der Waals surface area contributed by atoms with Gasteiger partial charge < -0.3 is 9.84 Å². The van der Waals surface area contributed by atoms with Gasteiger partial charge >= 0.3 is 11.9 Å². The fourth-order valence-corrected chi connectivity index (χ4v) is 10.6. The minimum Gasteiger partial charge on any atom is -0.481 e. The van der Waals surface area contributed by atoms with Gasteiger partial charge in [0.1, 0.15) is 0 Å². The van der Waals surface area contributed by atoms with Gasteiger partial charge in [0.25, 0.3) is 0 Å². The first-order valence-electron chi connectivity index (χ1n) is 32.7. The van der Waals surface area contributed by atoms with Crippen LogP contribution < -0.4 is 0 Å².